The first-order chi connectivity index (χ1) is 14.5. The molecule has 6 nitrogen and oxygen atoms in total. The first-order valence-electron chi connectivity index (χ1n) is 9.48. The van der Waals surface area contributed by atoms with Gasteiger partial charge in [0.15, 0.2) is 10.9 Å². The highest BCUT2D eigenvalue weighted by Gasteiger charge is 2.06. The van der Waals surface area contributed by atoms with Crippen LogP contribution in [0.3, 0.4) is 0 Å². The molecular formula is C22H21ClN6S. The molecule has 2 aromatic heterocycles. The van der Waals surface area contributed by atoms with Gasteiger partial charge in [0.2, 0.25) is 0 Å². The number of hydrogen-bond acceptors (Lipinski definition) is 3. The largest absolute Gasteiger partial charge is 0.330 e. The summed E-state index contributed by atoms with van der Waals surface area (Å²) in [6.45, 7) is 3.47. The molecule has 8 heteroatoms. The number of rotatable bonds is 6. The van der Waals surface area contributed by atoms with Gasteiger partial charge in [-0.1, -0.05) is 48.0 Å². The first kappa shape index (κ1) is 20.1. The molecule has 2 aromatic carbocycles. The molecule has 0 aliphatic rings. The van der Waals surface area contributed by atoms with Gasteiger partial charge in [0, 0.05) is 23.5 Å². The molecule has 0 saturated carbocycles. The Bertz CT molecular complexity index is 1150. The van der Waals surface area contributed by atoms with E-state index in [4.69, 9.17) is 23.8 Å². The molecule has 0 saturated heterocycles. The summed E-state index contributed by atoms with van der Waals surface area (Å²) in [5, 5.41) is 16.3. The second-order valence-electron chi connectivity index (χ2n) is 6.96. The minimum atomic E-state index is 0.460. The summed E-state index contributed by atoms with van der Waals surface area (Å²) < 4.78 is 3.72. The van der Waals surface area contributed by atoms with E-state index in [1.807, 2.05) is 64.2 Å². The fourth-order valence-electron chi connectivity index (χ4n) is 3.05. The first-order valence-corrected chi connectivity index (χ1v) is 10.3. The predicted molar refractivity (Wildman–Crippen MR) is 125 cm³/mol. The van der Waals surface area contributed by atoms with Crippen molar-refractivity contribution in [3.63, 3.8) is 0 Å². The SMILES string of the molecule is Cc1ccccc1Cn1cc(NC(=S)Nc2ccn(Cc3ccc(Cl)cc3)n2)cn1. The van der Waals surface area contributed by atoms with Crippen molar-refractivity contribution in [2.45, 2.75) is 20.0 Å². The zero-order valence-electron chi connectivity index (χ0n) is 16.4. The minimum absolute atomic E-state index is 0.460. The maximum absolute atomic E-state index is 5.93. The number of anilines is 2. The second-order valence-corrected chi connectivity index (χ2v) is 7.80. The Kier molecular flexibility index (Phi) is 6.11. The van der Waals surface area contributed by atoms with Gasteiger partial charge in [-0.05, 0) is 48.0 Å². The molecule has 152 valence electrons. The van der Waals surface area contributed by atoms with Gasteiger partial charge < -0.3 is 10.6 Å². The van der Waals surface area contributed by atoms with Crippen LogP contribution in [-0.2, 0) is 13.1 Å². The Hall–Kier alpha value is -3.16. The molecule has 0 spiro atoms. The highest BCUT2D eigenvalue weighted by molar-refractivity contribution is 7.80. The van der Waals surface area contributed by atoms with Crippen LogP contribution in [0.5, 0.6) is 0 Å². The summed E-state index contributed by atoms with van der Waals surface area (Å²) in [4.78, 5) is 0. The van der Waals surface area contributed by atoms with E-state index in [1.54, 1.807) is 6.20 Å². The van der Waals surface area contributed by atoms with E-state index in [0.717, 1.165) is 16.3 Å². The number of benzene rings is 2. The molecule has 4 aromatic rings. The van der Waals surface area contributed by atoms with Gasteiger partial charge in [-0.2, -0.15) is 10.2 Å². The van der Waals surface area contributed by atoms with Gasteiger partial charge in [0.1, 0.15) is 0 Å². The minimum Gasteiger partial charge on any atom is -0.330 e. The summed E-state index contributed by atoms with van der Waals surface area (Å²) in [5.41, 5.74) is 4.42. The fraction of sp³-hybridized carbons (Fsp3) is 0.136. The Balaban J connectivity index is 1.32. The second kappa shape index (κ2) is 9.11. The van der Waals surface area contributed by atoms with E-state index >= 15 is 0 Å². The molecule has 0 aliphatic heterocycles. The molecular weight excluding hydrogens is 416 g/mol. The zero-order chi connectivity index (χ0) is 20.9. The van der Waals surface area contributed by atoms with E-state index in [0.29, 0.717) is 24.0 Å². The molecule has 2 N–H and O–H groups in total. The Morgan fingerprint density at radius 2 is 1.80 bits per heavy atom. The van der Waals surface area contributed by atoms with E-state index in [2.05, 4.69) is 39.9 Å². The van der Waals surface area contributed by atoms with E-state index < -0.39 is 0 Å². The highest BCUT2D eigenvalue weighted by Crippen LogP contribution is 2.13. The van der Waals surface area contributed by atoms with Crippen LogP contribution in [0, 0.1) is 6.92 Å². The van der Waals surface area contributed by atoms with Gasteiger partial charge in [0.05, 0.1) is 25.0 Å². The van der Waals surface area contributed by atoms with Crippen molar-refractivity contribution in [2.24, 2.45) is 0 Å². The fourth-order valence-corrected chi connectivity index (χ4v) is 3.40. The third-order valence-electron chi connectivity index (χ3n) is 4.62. The van der Waals surface area contributed by atoms with Crippen LogP contribution >= 0.6 is 23.8 Å². The lowest BCUT2D eigenvalue weighted by atomic mass is 10.1. The number of aryl methyl sites for hydroxylation is 1. The monoisotopic (exact) mass is 436 g/mol. The zero-order valence-corrected chi connectivity index (χ0v) is 18.0. The average molecular weight is 437 g/mol. The summed E-state index contributed by atoms with van der Waals surface area (Å²) in [6.07, 6.45) is 5.59. The summed E-state index contributed by atoms with van der Waals surface area (Å²) in [6, 6.07) is 17.9. The molecule has 0 radical (unpaired) electrons. The van der Waals surface area contributed by atoms with Gasteiger partial charge in [0.25, 0.3) is 0 Å². The van der Waals surface area contributed by atoms with Crippen LogP contribution < -0.4 is 10.6 Å². The average Bonchev–Trinajstić information content (AvgIpc) is 3.35. The lowest BCUT2D eigenvalue weighted by Crippen LogP contribution is -2.19. The third kappa shape index (κ3) is 5.25. The summed E-state index contributed by atoms with van der Waals surface area (Å²) >= 11 is 11.3. The van der Waals surface area contributed by atoms with Crippen LogP contribution in [-0.4, -0.2) is 24.7 Å². The van der Waals surface area contributed by atoms with Gasteiger partial charge in [-0.3, -0.25) is 9.36 Å². The number of hydrogen-bond donors (Lipinski definition) is 2. The van der Waals surface area contributed by atoms with Crippen LogP contribution in [0.1, 0.15) is 16.7 Å². The van der Waals surface area contributed by atoms with E-state index in [1.165, 1.54) is 11.1 Å². The number of halogens is 1. The number of aromatic nitrogens is 4. The van der Waals surface area contributed by atoms with Crippen molar-refractivity contribution in [2.75, 3.05) is 10.6 Å². The number of thiocarbonyl (C=S) groups is 1. The molecule has 0 fully saturated rings. The van der Waals surface area contributed by atoms with E-state index in [-0.39, 0.29) is 0 Å². The molecule has 0 unspecified atom stereocenters. The molecule has 0 bridgehead atoms. The lowest BCUT2D eigenvalue weighted by Gasteiger charge is -2.07. The topological polar surface area (TPSA) is 59.7 Å². The van der Waals surface area contributed by atoms with Crippen molar-refractivity contribution in [1.29, 1.82) is 0 Å². The normalized spacial score (nSPS) is 10.7. The standard InChI is InChI=1S/C22H21ClN6S/c1-16-4-2-3-5-18(16)14-29-15-20(12-24-29)25-22(30)26-21-10-11-28(27-21)13-17-6-8-19(23)9-7-17/h2-12,15H,13-14H2,1H3,(H2,25,26,27,30). The van der Waals surface area contributed by atoms with Crippen LogP contribution in [0.2, 0.25) is 5.02 Å². The predicted octanol–water partition coefficient (Wildman–Crippen LogP) is 4.95. The molecule has 2 heterocycles. The van der Waals surface area contributed by atoms with Crippen molar-refractivity contribution >= 4 is 40.4 Å². The number of nitrogens with one attached hydrogen (secondary N) is 2. The quantitative estimate of drug-likeness (QED) is 0.419. The Morgan fingerprint density at radius 3 is 2.60 bits per heavy atom. The molecule has 4 rings (SSSR count). The third-order valence-corrected chi connectivity index (χ3v) is 5.08. The van der Waals surface area contributed by atoms with Crippen molar-refractivity contribution in [1.82, 2.24) is 19.6 Å². The molecule has 0 amide bonds. The molecule has 30 heavy (non-hydrogen) atoms. The van der Waals surface area contributed by atoms with Crippen LogP contribution in [0.4, 0.5) is 11.5 Å². The van der Waals surface area contributed by atoms with Crippen LogP contribution in [0.15, 0.2) is 73.2 Å². The number of nitrogens with zero attached hydrogens (tertiary/aromatic N) is 4. The van der Waals surface area contributed by atoms with Gasteiger partial charge in [-0.25, -0.2) is 0 Å². The Labute approximate surface area is 185 Å². The molecule has 0 atom stereocenters. The van der Waals surface area contributed by atoms with Crippen molar-refractivity contribution in [3.8, 4) is 0 Å². The van der Waals surface area contributed by atoms with Crippen molar-refractivity contribution < 1.29 is 0 Å². The summed E-state index contributed by atoms with van der Waals surface area (Å²) in [7, 11) is 0. The Morgan fingerprint density at radius 1 is 1.00 bits per heavy atom. The lowest BCUT2D eigenvalue weighted by molar-refractivity contribution is 0.684. The van der Waals surface area contributed by atoms with Gasteiger partial charge in [-0.15, -0.1) is 0 Å². The maximum Gasteiger partial charge on any atom is 0.176 e. The van der Waals surface area contributed by atoms with E-state index in [9.17, 15) is 0 Å². The van der Waals surface area contributed by atoms with Crippen LogP contribution in [0.25, 0.3) is 0 Å². The highest BCUT2D eigenvalue weighted by atomic mass is 35.5. The maximum atomic E-state index is 5.93. The van der Waals surface area contributed by atoms with Crippen molar-refractivity contribution in [3.05, 3.63) is 94.9 Å². The van der Waals surface area contributed by atoms with Gasteiger partial charge >= 0.3 is 0 Å². The summed E-state index contributed by atoms with van der Waals surface area (Å²) in [5.74, 6) is 0.675. The smallest absolute Gasteiger partial charge is 0.176 e. The molecule has 0 aliphatic carbocycles.